The molecule has 3 N–H and O–H groups in total. The maximum atomic E-state index is 12.6. The van der Waals surface area contributed by atoms with Gasteiger partial charge in [0.1, 0.15) is 5.82 Å². The van der Waals surface area contributed by atoms with Gasteiger partial charge in [-0.15, -0.1) is 0 Å². The first-order valence-corrected chi connectivity index (χ1v) is 10.9. The van der Waals surface area contributed by atoms with Crippen LogP contribution in [-0.2, 0) is 29.1 Å². The lowest BCUT2D eigenvalue weighted by Gasteiger charge is -2.12. The van der Waals surface area contributed by atoms with Crippen LogP contribution < -0.4 is 22.1 Å². The van der Waals surface area contributed by atoms with E-state index in [1.807, 2.05) is 34.6 Å². The van der Waals surface area contributed by atoms with E-state index in [0.717, 1.165) is 12.8 Å². The number of carbonyl (C=O) groups is 2. The lowest BCUT2D eigenvalue weighted by molar-refractivity contribution is -0.129. The first-order chi connectivity index (χ1) is 14.6. The number of imidazole rings is 1. The number of H-pyrrole nitrogens is 1. The predicted octanol–water partition coefficient (Wildman–Crippen LogP) is 1.47. The van der Waals surface area contributed by atoms with Gasteiger partial charge in [0, 0.05) is 32.4 Å². The Morgan fingerprint density at radius 2 is 1.71 bits per heavy atom. The molecule has 2 aromatic rings. The maximum Gasteiger partial charge on any atom is 0.330 e. The van der Waals surface area contributed by atoms with Gasteiger partial charge in [0.15, 0.2) is 11.2 Å². The molecule has 0 aromatic carbocycles. The lowest BCUT2D eigenvalue weighted by Crippen LogP contribution is -2.42. The zero-order chi connectivity index (χ0) is 23.1. The average molecular weight is 435 g/mol. The second-order valence-corrected chi connectivity index (χ2v) is 8.66. The first-order valence-electron chi connectivity index (χ1n) is 10.9. The molecule has 172 valence electrons. The molecule has 0 aliphatic rings. The van der Waals surface area contributed by atoms with Gasteiger partial charge in [0.05, 0.1) is 0 Å². The summed E-state index contributed by atoms with van der Waals surface area (Å²) in [6.45, 7) is 10.9. The van der Waals surface area contributed by atoms with Crippen molar-refractivity contribution in [2.45, 2.75) is 79.8 Å². The predicted molar refractivity (Wildman–Crippen MR) is 118 cm³/mol. The molecule has 2 heterocycles. The van der Waals surface area contributed by atoms with Gasteiger partial charge in [-0.3, -0.25) is 34.8 Å². The molecule has 10 nitrogen and oxygen atoms in total. The molecule has 0 radical (unpaired) electrons. The van der Waals surface area contributed by atoms with Crippen LogP contribution in [0.15, 0.2) is 9.59 Å². The van der Waals surface area contributed by atoms with Crippen molar-refractivity contribution in [2.24, 2.45) is 11.8 Å². The minimum atomic E-state index is -0.475. The molecular weight excluding hydrogens is 400 g/mol. The van der Waals surface area contributed by atoms with Gasteiger partial charge >= 0.3 is 5.69 Å². The van der Waals surface area contributed by atoms with Gasteiger partial charge in [0.25, 0.3) is 5.56 Å². The molecule has 2 amide bonds. The SMILES string of the molecule is CCCCn1c(=O)[nH]c(=O)c2c1nc(CCC(=O)NNC(=O)CC(C)C)n2CC(C)C. The quantitative estimate of drug-likeness (QED) is 0.487. The molecular formula is C21H34N6O4. The van der Waals surface area contributed by atoms with Crippen LogP contribution >= 0.6 is 0 Å². The number of hydrogen-bond acceptors (Lipinski definition) is 5. The van der Waals surface area contributed by atoms with Crippen molar-refractivity contribution in [3.63, 3.8) is 0 Å². The van der Waals surface area contributed by atoms with E-state index >= 15 is 0 Å². The number of rotatable bonds is 10. The number of aromatic nitrogens is 4. The zero-order valence-electron chi connectivity index (χ0n) is 19.1. The van der Waals surface area contributed by atoms with E-state index in [1.165, 1.54) is 4.57 Å². The molecule has 0 atom stereocenters. The molecule has 0 aliphatic heterocycles. The number of aryl methyl sites for hydroxylation is 2. The Kier molecular flexibility index (Phi) is 8.58. The Hall–Kier alpha value is -2.91. The van der Waals surface area contributed by atoms with E-state index in [-0.39, 0.29) is 36.5 Å². The third-order valence-electron chi connectivity index (χ3n) is 4.76. The molecule has 31 heavy (non-hydrogen) atoms. The average Bonchev–Trinajstić information content (AvgIpc) is 3.02. The third kappa shape index (κ3) is 6.53. The largest absolute Gasteiger partial charge is 0.330 e. The normalized spacial score (nSPS) is 11.5. The number of carbonyl (C=O) groups excluding carboxylic acids is 2. The zero-order valence-corrected chi connectivity index (χ0v) is 19.1. The van der Waals surface area contributed by atoms with Crippen molar-refractivity contribution >= 4 is 23.0 Å². The highest BCUT2D eigenvalue weighted by molar-refractivity contribution is 5.82. The fourth-order valence-corrected chi connectivity index (χ4v) is 3.34. The van der Waals surface area contributed by atoms with E-state index in [4.69, 9.17) is 0 Å². The van der Waals surface area contributed by atoms with Gasteiger partial charge < -0.3 is 4.57 Å². The van der Waals surface area contributed by atoms with Crippen molar-refractivity contribution in [1.29, 1.82) is 0 Å². The third-order valence-corrected chi connectivity index (χ3v) is 4.76. The number of unbranched alkanes of at least 4 members (excludes halogenated alkanes) is 1. The van der Waals surface area contributed by atoms with E-state index in [9.17, 15) is 19.2 Å². The number of hydrazine groups is 1. The number of fused-ring (bicyclic) bond motifs is 1. The van der Waals surface area contributed by atoms with Crippen molar-refractivity contribution in [3.05, 3.63) is 26.7 Å². The van der Waals surface area contributed by atoms with E-state index in [1.54, 1.807) is 4.57 Å². The number of aromatic amines is 1. The summed E-state index contributed by atoms with van der Waals surface area (Å²) in [6.07, 6.45) is 2.36. The van der Waals surface area contributed by atoms with Crippen LogP contribution in [0.2, 0.25) is 0 Å². The fraction of sp³-hybridized carbons (Fsp3) is 0.667. The highest BCUT2D eigenvalue weighted by atomic mass is 16.2. The van der Waals surface area contributed by atoms with E-state index < -0.39 is 11.2 Å². The first kappa shape index (κ1) is 24.4. The summed E-state index contributed by atoms with van der Waals surface area (Å²) < 4.78 is 3.29. The van der Waals surface area contributed by atoms with Crippen LogP contribution in [0, 0.1) is 11.8 Å². The van der Waals surface area contributed by atoms with Gasteiger partial charge in [-0.25, -0.2) is 9.78 Å². The summed E-state index contributed by atoms with van der Waals surface area (Å²) in [4.78, 5) is 55.8. The summed E-state index contributed by atoms with van der Waals surface area (Å²) in [5.41, 5.74) is 4.57. The van der Waals surface area contributed by atoms with E-state index in [0.29, 0.717) is 36.5 Å². The smallest absolute Gasteiger partial charge is 0.322 e. The van der Waals surface area contributed by atoms with Crippen molar-refractivity contribution in [2.75, 3.05) is 0 Å². The summed E-state index contributed by atoms with van der Waals surface area (Å²) in [7, 11) is 0. The standard InChI is InChI=1S/C21H34N6O4/c1-6-7-10-26-19-18(20(30)23-21(26)31)27(12-14(4)5)15(22-19)8-9-16(28)24-25-17(29)11-13(2)3/h13-14H,6-12H2,1-5H3,(H,24,28)(H,25,29)(H,23,30,31). The van der Waals surface area contributed by atoms with Crippen LogP contribution in [0.3, 0.4) is 0 Å². The van der Waals surface area contributed by atoms with Gasteiger partial charge in [-0.2, -0.15) is 0 Å². The minimum absolute atomic E-state index is 0.0838. The van der Waals surface area contributed by atoms with Gasteiger partial charge in [-0.05, 0) is 18.3 Å². The fourth-order valence-electron chi connectivity index (χ4n) is 3.34. The monoisotopic (exact) mass is 434 g/mol. The molecule has 2 rings (SSSR count). The van der Waals surface area contributed by atoms with Gasteiger partial charge in [0.2, 0.25) is 11.8 Å². The molecule has 0 aliphatic carbocycles. The summed E-state index contributed by atoms with van der Waals surface area (Å²) in [6, 6.07) is 0. The summed E-state index contributed by atoms with van der Waals surface area (Å²) >= 11 is 0. The topological polar surface area (TPSA) is 131 Å². The highest BCUT2D eigenvalue weighted by Crippen LogP contribution is 2.16. The number of hydrogen-bond donors (Lipinski definition) is 3. The molecule has 10 heteroatoms. The second-order valence-electron chi connectivity index (χ2n) is 8.66. The Morgan fingerprint density at radius 3 is 2.32 bits per heavy atom. The maximum absolute atomic E-state index is 12.6. The number of nitrogens with one attached hydrogen (secondary N) is 3. The van der Waals surface area contributed by atoms with Crippen LogP contribution in [0.25, 0.3) is 11.2 Å². The molecule has 0 spiro atoms. The lowest BCUT2D eigenvalue weighted by atomic mass is 10.1. The Bertz CT molecular complexity index is 1030. The molecule has 0 fully saturated rings. The Labute approximate surface area is 181 Å². The van der Waals surface area contributed by atoms with E-state index in [2.05, 4.69) is 20.8 Å². The molecule has 2 aromatic heterocycles. The van der Waals surface area contributed by atoms with Crippen LogP contribution in [0.4, 0.5) is 0 Å². The molecule has 0 saturated carbocycles. The minimum Gasteiger partial charge on any atom is -0.322 e. The summed E-state index contributed by atoms with van der Waals surface area (Å²) in [5, 5.41) is 0. The second kappa shape index (κ2) is 10.9. The Morgan fingerprint density at radius 1 is 1.03 bits per heavy atom. The van der Waals surface area contributed by atoms with Crippen molar-refractivity contribution in [3.8, 4) is 0 Å². The van der Waals surface area contributed by atoms with Crippen LogP contribution in [0.5, 0.6) is 0 Å². The van der Waals surface area contributed by atoms with Crippen LogP contribution in [-0.4, -0.2) is 30.9 Å². The number of nitrogens with zero attached hydrogens (tertiary/aromatic N) is 3. The molecule has 0 bridgehead atoms. The van der Waals surface area contributed by atoms with Crippen molar-refractivity contribution < 1.29 is 9.59 Å². The molecule has 0 saturated heterocycles. The number of amides is 2. The molecule has 0 unspecified atom stereocenters. The highest BCUT2D eigenvalue weighted by Gasteiger charge is 2.20. The van der Waals surface area contributed by atoms with Crippen molar-refractivity contribution in [1.82, 2.24) is 30.0 Å². The Balaban J connectivity index is 2.28. The van der Waals surface area contributed by atoms with Crippen LogP contribution in [0.1, 0.15) is 66.1 Å². The summed E-state index contributed by atoms with van der Waals surface area (Å²) in [5.74, 6) is 0.389. The van der Waals surface area contributed by atoms with Gasteiger partial charge in [-0.1, -0.05) is 41.0 Å².